The smallest absolute Gasteiger partial charge is 0.428 e. The van der Waals surface area contributed by atoms with E-state index in [9.17, 15) is 27.5 Å². The largest absolute Gasteiger partial charge is 0.496 e. The van der Waals surface area contributed by atoms with Crippen molar-refractivity contribution < 1.29 is 37.3 Å². The number of carboxylic acid groups (broad SMARTS) is 1. The predicted molar refractivity (Wildman–Crippen MR) is 74.6 cm³/mol. The fraction of sp³-hybridized carbons (Fsp3) is 0.400. The van der Waals surface area contributed by atoms with Crippen molar-refractivity contribution in [3.05, 3.63) is 35.2 Å². The van der Waals surface area contributed by atoms with Gasteiger partial charge in [-0.15, -0.1) is 0 Å². The van der Waals surface area contributed by atoms with Gasteiger partial charge in [-0.25, -0.2) is 9.18 Å². The Balaban J connectivity index is 3.42. The minimum atomic E-state index is -5.38. The summed E-state index contributed by atoms with van der Waals surface area (Å²) in [7, 11) is 1.21. The summed E-state index contributed by atoms with van der Waals surface area (Å²) < 4.78 is 57.4. The van der Waals surface area contributed by atoms with Gasteiger partial charge < -0.3 is 14.9 Å². The molecule has 8 heteroatoms. The molecular formula is C15H16F4O4. The monoisotopic (exact) mass is 336 g/mol. The Morgan fingerprint density at radius 3 is 2.30 bits per heavy atom. The van der Waals surface area contributed by atoms with Crippen LogP contribution in [-0.2, 0) is 4.79 Å². The highest BCUT2D eigenvalue weighted by Crippen LogP contribution is 2.41. The van der Waals surface area contributed by atoms with Gasteiger partial charge in [0.15, 0.2) is 0 Å². The quantitative estimate of drug-likeness (QED) is 0.810. The Morgan fingerprint density at radius 1 is 1.35 bits per heavy atom. The maximum Gasteiger partial charge on any atom is 0.428 e. The summed E-state index contributed by atoms with van der Waals surface area (Å²) in [6.07, 6.45) is -5.39. The van der Waals surface area contributed by atoms with Crippen molar-refractivity contribution in [2.24, 2.45) is 0 Å². The van der Waals surface area contributed by atoms with Crippen molar-refractivity contribution in [2.45, 2.75) is 32.0 Å². The number of aliphatic hydroxyl groups is 1. The molecule has 1 aromatic carbocycles. The number of rotatable bonds is 5. The van der Waals surface area contributed by atoms with E-state index in [1.54, 1.807) is 0 Å². The molecule has 0 saturated carbocycles. The number of benzene rings is 1. The van der Waals surface area contributed by atoms with Gasteiger partial charge in [-0.3, -0.25) is 0 Å². The van der Waals surface area contributed by atoms with Crippen LogP contribution in [0.5, 0.6) is 5.75 Å². The van der Waals surface area contributed by atoms with E-state index in [0.29, 0.717) is 0 Å². The third-order valence-electron chi connectivity index (χ3n) is 3.51. The molecule has 0 heterocycles. The molecule has 0 aliphatic heterocycles. The lowest BCUT2D eigenvalue weighted by Gasteiger charge is -2.27. The van der Waals surface area contributed by atoms with Gasteiger partial charge in [0.2, 0.25) is 0 Å². The fourth-order valence-electron chi connectivity index (χ4n) is 2.11. The van der Waals surface area contributed by atoms with Gasteiger partial charge in [-0.05, 0) is 31.6 Å². The summed E-state index contributed by atoms with van der Waals surface area (Å²) >= 11 is 0. The number of allylic oxidation sites excluding steroid dienone is 1. The lowest BCUT2D eigenvalue weighted by molar-refractivity contribution is -0.258. The molecule has 0 amide bonds. The second-order valence-electron chi connectivity index (χ2n) is 4.91. The number of aliphatic carboxylic acids is 1. The Kier molecular flexibility index (Phi) is 5.42. The summed E-state index contributed by atoms with van der Waals surface area (Å²) in [5, 5.41) is 18.4. The van der Waals surface area contributed by atoms with Crippen molar-refractivity contribution in [2.75, 3.05) is 7.11 Å². The lowest BCUT2D eigenvalue weighted by atomic mass is 9.88. The number of hydrogen-bond donors (Lipinski definition) is 2. The third-order valence-corrected chi connectivity index (χ3v) is 3.51. The Morgan fingerprint density at radius 2 is 1.91 bits per heavy atom. The molecule has 1 atom stereocenters. The molecule has 0 fully saturated rings. The van der Waals surface area contributed by atoms with Gasteiger partial charge >= 0.3 is 12.1 Å². The van der Waals surface area contributed by atoms with Crippen LogP contribution in [0.1, 0.15) is 24.5 Å². The van der Waals surface area contributed by atoms with Crippen LogP contribution in [0.3, 0.4) is 0 Å². The molecule has 1 rings (SSSR count). The van der Waals surface area contributed by atoms with Gasteiger partial charge in [-0.1, -0.05) is 6.08 Å². The summed E-state index contributed by atoms with van der Waals surface area (Å²) in [6.45, 7) is 2.75. The minimum Gasteiger partial charge on any atom is -0.496 e. The van der Waals surface area contributed by atoms with Crippen LogP contribution in [0.4, 0.5) is 17.6 Å². The Bertz CT molecular complexity index is 637. The van der Waals surface area contributed by atoms with Crippen molar-refractivity contribution in [1.29, 1.82) is 0 Å². The van der Waals surface area contributed by atoms with Crippen molar-refractivity contribution in [3.63, 3.8) is 0 Å². The van der Waals surface area contributed by atoms with Crippen molar-refractivity contribution in [3.8, 4) is 5.75 Å². The van der Waals surface area contributed by atoms with Crippen LogP contribution in [-0.4, -0.2) is 35.1 Å². The topological polar surface area (TPSA) is 66.8 Å². The van der Waals surface area contributed by atoms with Gasteiger partial charge in [0.05, 0.1) is 7.11 Å². The summed E-state index contributed by atoms with van der Waals surface area (Å²) in [4.78, 5) is 10.9. The molecular weight excluding hydrogens is 320 g/mol. The predicted octanol–water partition coefficient (Wildman–Crippen LogP) is 3.31. The standard InChI is InChI=1S/C15H16F4O4/c1-4-9(7-14(22,13(20)21)15(17,18)19)10-5-6-11(16)8(2)12(10)23-3/h4-6,22H,7H2,1-3H3,(H,20,21)/t14-/m1/s1. The number of carboxylic acids is 1. The Labute approximate surface area is 130 Å². The summed E-state index contributed by atoms with van der Waals surface area (Å²) in [5.41, 5.74) is -3.94. The van der Waals surface area contributed by atoms with E-state index in [2.05, 4.69) is 0 Å². The van der Waals surface area contributed by atoms with E-state index in [1.165, 1.54) is 33.1 Å². The first-order chi connectivity index (χ1) is 10.5. The number of alkyl halides is 3. The van der Waals surface area contributed by atoms with Gasteiger partial charge in [0, 0.05) is 17.5 Å². The zero-order chi connectivity index (χ0) is 18.0. The second kappa shape index (κ2) is 6.57. The fourth-order valence-corrected chi connectivity index (χ4v) is 2.11. The van der Waals surface area contributed by atoms with Gasteiger partial charge in [0.1, 0.15) is 11.6 Å². The zero-order valence-corrected chi connectivity index (χ0v) is 12.7. The third kappa shape index (κ3) is 3.47. The number of methoxy groups -OCH3 is 1. The molecule has 0 aromatic heterocycles. The molecule has 0 spiro atoms. The van der Waals surface area contributed by atoms with Crippen LogP contribution in [0.25, 0.3) is 5.57 Å². The van der Waals surface area contributed by atoms with Crippen molar-refractivity contribution >= 4 is 11.5 Å². The van der Waals surface area contributed by atoms with Crippen LogP contribution in [0.2, 0.25) is 0 Å². The van der Waals surface area contributed by atoms with E-state index in [4.69, 9.17) is 9.84 Å². The molecule has 0 aliphatic rings. The van der Waals surface area contributed by atoms with E-state index in [0.717, 1.165) is 6.07 Å². The lowest BCUT2D eigenvalue weighted by Crippen LogP contribution is -2.52. The molecule has 23 heavy (non-hydrogen) atoms. The first-order valence-corrected chi connectivity index (χ1v) is 6.50. The second-order valence-corrected chi connectivity index (χ2v) is 4.91. The van der Waals surface area contributed by atoms with Crippen LogP contribution in [0, 0.1) is 12.7 Å². The molecule has 0 radical (unpaired) electrons. The highest BCUT2D eigenvalue weighted by atomic mass is 19.4. The van der Waals surface area contributed by atoms with Crippen molar-refractivity contribution in [1.82, 2.24) is 0 Å². The molecule has 0 bridgehead atoms. The van der Waals surface area contributed by atoms with Crippen LogP contribution < -0.4 is 4.74 Å². The molecule has 2 N–H and O–H groups in total. The average Bonchev–Trinajstić information content (AvgIpc) is 2.46. The SMILES string of the molecule is CC=C(C[C@@](O)(C(=O)O)C(F)(F)F)c1ccc(F)c(C)c1OC. The van der Waals surface area contributed by atoms with Crippen LogP contribution >= 0.6 is 0 Å². The summed E-state index contributed by atoms with van der Waals surface area (Å²) in [5.74, 6) is -3.06. The first kappa shape index (κ1) is 19.0. The van der Waals surface area contributed by atoms with Gasteiger partial charge in [-0.2, -0.15) is 13.2 Å². The Hall–Kier alpha value is -2.09. The highest BCUT2D eigenvalue weighted by Gasteiger charge is 2.60. The normalized spacial score (nSPS) is 15.2. The molecule has 4 nitrogen and oxygen atoms in total. The number of halogens is 4. The van der Waals surface area contributed by atoms with E-state index >= 15 is 0 Å². The van der Waals surface area contributed by atoms with E-state index < -0.39 is 30.0 Å². The number of carbonyl (C=O) groups is 1. The minimum absolute atomic E-state index is 0.0204. The number of ether oxygens (including phenoxy) is 1. The maximum atomic E-state index is 13.5. The molecule has 0 unspecified atom stereocenters. The zero-order valence-electron chi connectivity index (χ0n) is 12.7. The van der Waals surface area contributed by atoms with E-state index in [1.807, 2.05) is 0 Å². The van der Waals surface area contributed by atoms with Crippen LogP contribution in [0.15, 0.2) is 18.2 Å². The molecule has 0 saturated heterocycles. The molecule has 0 aliphatic carbocycles. The number of hydrogen-bond acceptors (Lipinski definition) is 3. The molecule has 1 aromatic rings. The maximum absolute atomic E-state index is 13.5. The molecule has 128 valence electrons. The highest BCUT2D eigenvalue weighted by molar-refractivity contribution is 5.83. The summed E-state index contributed by atoms with van der Waals surface area (Å²) in [6, 6.07) is 2.21. The van der Waals surface area contributed by atoms with E-state index in [-0.39, 0.29) is 22.4 Å². The average molecular weight is 336 g/mol. The first-order valence-electron chi connectivity index (χ1n) is 6.50. The van der Waals surface area contributed by atoms with Gasteiger partial charge in [0.25, 0.3) is 5.60 Å².